The average Bonchev–Trinajstić information content (AvgIpc) is 2.15. The van der Waals surface area contributed by atoms with Gasteiger partial charge in [-0.1, -0.05) is 15.9 Å². The Balaban J connectivity index is 3.04. The van der Waals surface area contributed by atoms with Crippen molar-refractivity contribution < 1.29 is 18.0 Å². The number of Topliss-reactive ketones (excluding diaryl/α,β-unsaturated/α-hetero) is 1. The summed E-state index contributed by atoms with van der Waals surface area (Å²) in [7, 11) is 0. The van der Waals surface area contributed by atoms with Gasteiger partial charge in [0.2, 0.25) is 0 Å². The van der Waals surface area contributed by atoms with Crippen LogP contribution in [0.3, 0.4) is 0 Å². The topological polar surface area (TPSA) is 17.1 Å². The highest BCUT2D eigenvalue weighted by Crippen LogP contribution is 2.32. The van der Waals surface area contributed by atoms with Crippen LogP contribution < -0.4 is 0 Å². The zero-order chi connectivity index (χ0) is 12.3. The van der Waals surface area contributed by atoms with Gasteiger partial charge >= 0.3 is 6.18 Å². The maximum Gasteiger partial charge on any atom is 0.416 e. The van der Waals surface area contributed by atoms with Gasteiger partial charge in [-0.05, 0) is 23.8 Å². The molecule has 0 aliphatic carbocycles. The van der Waals surface area contributed by atoms with E-state index in [0.717, 1.165) is 12.1 Å². The highest BCUT2D eigenvalue weighted by molar-refractivity contribution is 9.10. The van der Waals surface area contributed by atoms with Crippen molar-refractivity contribution in [1.29, 1.82) is 0 Å². The lowest BCUT2D eigenvalue weighted by Crippen LogP contribution is -2.08. The van der Waals surface area contributed by atoms with Crippen LogP contribution in [0.1, 0.15) is 11.1 Å². The minimum atomic E-state index is -4.41. The number of carbonyl (C=O) groups excluding carboxylic acids is 1. The summed E-state index contributed by atoms with van der Waals surface area (Å²) in [5.74, 6) is -0.513. The van der Waals surface area contributed by atoms with Gasteiger partial charge in [0.1, 0.15) is 0 Å². The lowest BCUT2D eigenvalue weighted by Gasteiger charge is -2.09. The summed E-state index contributed by atoms with van der Waals surface area (Å²) in [6.45, 7) is 0. The highest BCUT2D eigenvalue weighted by Gasteiger charge is 2.31. The third kappa shape index (κ3) is 3.79. The fourth-order valence-electron chi connectivity index (χ4n) is 1.19. The summed E-state index contributed by atoms with van der Waals surface area (Å²) in [5, 5.41) is 0. The first-order valence-corrected chi connectivity index (χ1v) is 5.60. The molecule has 0 N–H and O–H groups in total. The number of carbonyl (C=O) groups is 1. The van der Waals surface area contributed by atoms with Gasteiger partial charge in [0.25, 0.3) is 0 Å². The molecule has 0 heterocycles. The summed E-state index contributed by atoms with van der Waals surface area (Å²) in [5.41, 5.74) is -0.480. The zero-order valence-corrected chi connectivity index (χ0v) is 10.3. The molecular weight excluding hydrogens is 308 g/mol. The SMILES string of the molecule is O=C(CCl)Cc1cc(Br)cc(C(F)(F)F)c1. The number of hydrogen-bond acceptors (Lipinski definition) is 1. The Bertz CT molecular complexity index is 404. The molecule has 88 valence electrons. The number of benzene rings is 1. The van der Waals surface area contributed by atoms with Gasteiger partial charge in [-0.2, -0.15) is 13.2 Å². The third-order valence-electron chi connectivity index (χ3n) is 1.84. The number of rotatable bonds is 3. The molecule has 6 heteroatoms. The molecule has 0 saturated carbocycles. The Kier molecular flexibility index (Phi) is 4.38. The van der Waals surface area contributed by atoms with E-state index in [1.807, 2.05) is 0 Å². The molecule has 0 radical (unpaired) electrons. The van der Waals surface area contributed by atoms with Gasteiger partial charge in [0.15, 0.2) is 5.78 Å². The van der Waals surface area contributed by atoms with E-state index in [4.69, 9.17) is 11.6 Å². The zero-order valence-electron chi connectivity index (χ0n) is 7.94. The summed E-state index contributed by atoms with van der Waals surface area (Å²) in [6.07, 6.45) is -4.51. The fraction of sp³-hybridized carbons (Fsp3) is 0.300. The summed E-state index contributed by atoms with van der Waals surface area (Å²) < 4.78 is 37.6. The summed E-state index contributed by atoms with van der Waals surface area (Å²) in [6, 6.07) is 3.39. The van der Waals surface area contributed by atoms with E-state index in [1.54, 1.807) is 0 Å². The second-order valence-corrected chi connectivity index (χ2v) is 4.38. The van der Waals surface area contributed by atoms with Crippen molar-refractivity contribution >= 4 is 33.3 Å². The molecule has 0 amide bonds. The van der Waals surface area contributed by atoms with Crippen molar-refractivity contribution in [3.63, 3.8) is 0 Å². The molecule has 0 aromatic heterocycles. The highest BCUT2D eigenvalue weighted by atomic mass is 79.9. The minimum Gasteiger partial charge on any atom is -0.298 e. The van der Waals surface area contributed by atoms with Gasteiger partial charge in [-0.25, -0.2) is 0 Å². The van der Waals surface area contributed by atoms with Crippen LogP contribution in [-0.2, 0) is 17.4 Å². The fourth-order valence-corrected chi connectivity index (χ4v) is 1.83. The molecule has 0 saturated heterocycles. The normalized spacial score (nSPS) is 11.6. The van der Waals surface area contributed by atoms with Gasteiger partial charge in [-0.3, -0.25) is 4.79 Å². The van der Waals surface area contributed by atoms with Gasteiger partial charge < -0.3 is 0 Å². The van der Waals surface area contributed by atoms with Crippen molar-refractivity contribution in [2.45, 2.75) is 12.6 Å². The predicted octanol–water partition coefficient (Wildman–Crippen LogP) is 3.82. The Hall–Kier alpha value is -0.550. The van der Waals surface area contributed by atoms with E-state index in [9.17, 15) is 18.0 Å². The van der Waals surface area contributed by atoms with Crippen molar-refractivity contribution in [3.05, 3.63) is 33.8 Å². The number of hydrogen-bond donors (Lipinski definition) is 0. The van der Waals surface area contributed by atoms with Crippen LogP contribution in [0.2, 0.25) is 0 Å². The van der Waals surface area contributed by atoms with E-state index in [-0.39, 0.29) is 18.1 Å². The third-order valence-corrected chi connectivity index (χ3v) is 2.59. The minimum absolute atomic E-state index is 0.0913. The standard InChI is InChI=1S/C10H7BrClF3O/c11-8-2-6(3-9(16)5-12)1-7(4-8)10(13,14)15/h1-2,4H,3,5H2. The smallest absolute Gasteiger partial charge is 0.298 e. The Morgan fingerprint density at radius 2 is 1.94 bits per heavy atom. The number of halogens is 5. The summed E-state index contributed by atoms with van der Waals surface area (Å²) >= 11 is 8.26. The quantitative estimate of drug-likeness (QED) is 0.775. The maximum atomic E-state index is 12.4. The first-order valence-electron chi connectivity index (χ1n) is 4.27. The average molecular weight is 316 g/mol. The molecule has 0 bridgehead atoms. The van der Waals surface area contributed by atoms with Crippen LogP contribution in [0.15, 0.2) is 22.7 Å². The largest absolute Gasteiger partial charge is 0.416 e. The van der Waals surface area contributed by atoms with E-state index in [1.165, 1.54) is 6.07 Å². The molecule has 0 aliphatic heterocycles. The Labute approximate surface area is 104 Å². The van der Waals surface area contributed by atoms with Gasteiger partial charge in [-0.15, -0.1) is 11.6 Å². The van der Waals surface area contributed by atoms with Crippen LogP contribution in [0.4, 0.5) is 13.2 Å². The van der Waals surface area contributed by atoms with E-state index in [2.05, 4.69) is 15.9 Å². The Morgan fingerprint density at radius 1 is 1.31 bits per heavy atom. The second kappa shape index (κ2) is 5.19. The molecule has 0 aliphatic rings. The van der Waals surface area contributed by atoms with Crippen molar-refractivity contribution in [3.8, 4) is 0 Å². The van der Waals surface area contributed by atoms with Crippen LogP contribution in [0.5, 0.6) is 0 Å². The molecule has 0 fully saturated rings. The van der Waals surface area contributed by atoms with Gasteiger partial charge in [0, 0.05) is 10.9 Å². The predicted molar refractivity (Wildman–Crippen MR) is 58.6 cm³/mol. The monoisotopic (exact) mass is 314 g/mol. The molecule has 1 nitrogen and oxygen atoms in total. The van der Waals surface area contributed by atoms with Crippen LogP contribution in [0.25, 0.3) is 0 Å². The summed E-state index contributed by atoms with van der Waals surface area (Å²) in [4.78, 5) is 11.0. The van der Waals surface area contributed by atoms with Gasteiger partial charge in [0.05, 0.1) is 11.4 Å². The number of alkyl halides is 4. The molecule has 16 heavy (non-hydrogen) atoms. The molecule has 1 rings (SSSR count). The second-order valence-electron chi connectivity index (χ2n) is 3.19. The molecule has 0 unspecified atom stereocenters. The molecule has 1 aromatic rings. The molecular formula is C10H7BrClF3O. The molecule has 1 aromatic carbocycles. The lowest BCUT2D eigenvalue weighted by atomic mass is 10.1. The van der Waals surface area contributed by atoms with Crippen LogP contribution in [-0.4, -0.2) is 11.7 Å². The first kappa shape index (κ1) is 13.5. The van der Waals surface area contributed by atoms with Crippen molar-refractivity contribution in [2.75, 3.05) is 5.88 Å². The van der Waals surface area contributed by atoms with E-state index >= 15 is 0 Å². The number of ketones is 1. The molecule has 0 atom stereocenters. The molecule has 0 spiro atoms. The Morgan fingerprint density at radius 3 is 2.44 bits per heavy atom. The lowest BCUT2D eigenvalue weighted by molar-refractivity contribution is -0.137. The van der Waals surface area contributed by atoms with Crippen molar-refractivity contribution in [2.24, 2.45) is 0 Å². The first-order chi connectivity index (χ1) is 7.32. The maximum absolute atomic E-state index is 12.4. The van der Waals surface area contributed by atoms with Crippen LogP contribution in [0, 0.1) is 0 Å². The van der Waals surface area contributed by atoms with E-state index in [0.29, 0.717) is 10.0 Å². The van der Waals surface area contributed by atoms with E-state index < -0.39 is 11.7 Å². The van der Waals surface area contributed by atoms with Crippen LogP contribution >= 0.6 is 27.5 Å². The van der Waals surface area contributed by atoms with Crippen molar-refractivity contribution in [1.82, 2.24) is 0 Å².